The standard InChI is InChI=1S/C20H33F9O9/c21-17(22,19(25,26)27)18(23,24)20(28,29)38-16-15-37-14-13-36-12-11-35-10-9-34-8-7-33-6-5-32-4-3-31-2-1-30/h30H,1-16H2. The van der Waals surface area contributed by atoms with Crippen LogP contribution < -0.4 is 0 Å². The molecular weight excluding hydrogens is 555 g/mol. The SMILES string of the molecule is OCCOCCOCCOCCOCCOCCOCCOCCOC(F)(F)C(F)(F)C(F)(F)C(F)(F)F. The maximum atomic E-state index is 13.1. The molecule has 0 aliphatic heterocycles. The lowest BCUT2D eigenvalue weighted by molar-refractivity contribution is -0.444. The van der Waals surface area contributed by atoms with E-state index in [2.05, 4.69) is 4.74 Å². The molecule has 0 rings (SSSR count). The lowest BCUT2D eigenvalue weighted by atomic mass is 10.1. The minimum atomic E-state index is -7.01. The molecule has 0 aliphatic rings. The molecule has 0 saturated carbocycles. The van der Waals surface area contributed by atoms with E-state index in [0.29, 0.717) is 46.2 Å². The van der Waals surface area contributed by atoms with Crippen molar-refractivity contribution >= 4 is 0 Å². The van der Waals surface area contributed by atoms with E-state index in [-0.39, 0.29) is 46.2 Å². The molecule has 0 saturated heterocycles. The molecular formula is C20H33F9O9. The number of hydrogen-bond acceptors (Lipinski definition) is 9. The third kappa shape index (κ3) is 15.0. The van der Waals surface area contributed by atoms with Gasteiger partial charge in [0.15, 0.2) is 0 Å². The van der Waals surface area contributed by atoms with E-state index in [1.165, 1.54) is 0 Å². The summed E-state index contributed by atoms with van der Waals surface area (Å²) in [6.45, 7) is 0.881. The Morgan fingerprint density at radius 1 is 0.368 bits per heavy atom. The largest absolute Gasteiger partial charge is 0.460 e. The van der Waals surface area contributed by atoms with Crippen LogP contribution in [0.3, 0.4) is 0 Å². The summed E-state index contributed by atoms with van der Waals surface area (Å²) < 4.78 is 152. The summed E-state index contributed by atoms with van der Waals surface area (Å²) in [6, 6.07) is 0. The van der Waals surface area contributed by atoms with E-state index in [0.717, 1.165) is 0 Å². The summed E-state index contributed by atoms with van der Waals surface area (Å²) >= 11 is 0. The van der Waals surface area contributed by atoms with Crippen molar-refractivity contribution in [2.45, 2.75) is 24.1 Å². The van der Waals surface area contributed by atoms with Crippen LogP contribution in [0.25, 0.3) is 0 Å². The fourth-order valence-electron chi connectivity index (χ4n) is 2.17. The Morgan fingerprint density at radius 2 is 0.632 bits per heavy atom. The van der Waals surface area contributed by atoms with Crippen LogP contribution in [0.1, 0.15) is 0 Å². The Labute approximate surface area is 213 Å². The smallest absolute Gasteiger partial charge is 0.394 e. The molecule has 0 radical (unpaired) electrons. The molecule has 0 aliphatic carbocycles. The van der Waals surface area contributed by atoms with Gasteiger partial charge in [-0.2, -0.15) is 39.5 Å². The van der Waals surface area contributed by atoms with Crippen LogP contribution in [0.5, 0.6) is 0 Å². The number of ether oxygens (including phenoxy) is 8. The van der Waals surface area contributed by atoms with Crippen molar-refractivity contribution in [2.24, 2.45) is 0 Å². The number of halogens is 9. The molecule has 0 aromatic heterocycles. The van der Waals surface area contributed by atoms with Gasteiger partial charge in [-0.25, -0.2) is 0 Å². The third-order valence-corrected chi connectivity index (χ3v) is 4.09. The first-order valence-electron chi connectivity index (χ1n) is 11.3. The van der Waals surface area contributed by atoms with Crippen molar-refractivity contribution in [3.05, 3.63) is 0 Å². The van der Waals surface area contributed by atoms with E-state index in [9.17, 15) is 39.5 Å². The molecule has 0 aromatic rings. The predicted molar refractivity (Wildman–Crippen MR) is 110 cm³/mol. The third-order valence-electron chi connectivity index (χ3n) is 4.09. The highest BCUT2D eigenvalue weighted by Crippen LogP contribution is 2.53. The van der Waals surface area contributed by atoms with Gasteiger partial charge in [0, 0.05) is 0 Å². The topological polar surface area (TPSA) is 94.1 Å². The first-order valence-corrected chi connectivity index (χ1v) is 11.3. The van der Waals surface area contributed by atoms with Gasteiger partial charge in [-0.05, 0) is 0 Å². The van der Waals surface area contributed by atoms with E-state index < -0.39 is 37.3 Å². The van der Waals surface area contributed by atoms with Crippen molar-refractivity contribution in [3.8, 4) is 0 Å². The lowest BCUT2D eigenvalue weighted by Gasteiger charge is -2.32. The van der Waals surface area contributed by atoms with Gasteiger partial charge in [-0.1, -0.05) is 0 Å². The molecule has 0 amide bonds. The fourth-order valence-corrected chi connectivity index (χ4v) is 2.17. The zero-order valence-electron chi connectivity index (χ0n) is 20.4. The first-order chi connectivity index (χ1) is 17.8. The van der Waals surface area contributed by atoms with Gasteiger partial charge in [0.05, 0.1) is 106 Å². The summed E-state index contributed by atoms with van der Waals surface area (Å²) in [5.74, 6) is -13.8. The van der Waals surface area contributed by atoms with Crippen LogP contribution in [0.15, 0.2) is 0 Å². The minimum absolute atomic E-state index is 0.0398. The van der Waals surface area contributed by atoms with Crippen molar-refractivity contribution in [3.63, 3.8) is 0 Å². The Morgan fingerprint density at radius 3 is 0.895 bits per heavy atom. The van der Waals surface area contributed by atoms with Gasteiger partial charge in [-0.15, -0.1) is 0 Å². The van der Waals surface area contributed by atoms with Crippen molar-refractivity contribution < 1.29 is 82.5 Å². The summed E-state index contributed by atoms with van der Waals surface area (Å²) in [4.78, 5) is 0. The van der Waals surface area contributed by atoms with Crippen molar-refractivity contribution in [1.29, 1.82) is 0 Å². The van der Waals surface area contributed by atoms with Crippen LogP contribution in [0.2, 0.25) is 0 Å². The average Bonchev–Trinajstić information content (AvgIpc) is 2.83. The second kappa shape index (κ2) is 20.0. The molecule has 0 unspecified atom stereocenters. The van der Waals surface area contributed by atoms with Crippen LogP contribution in [0, 0.1) is 0 Å². The first kappa shape index (κ1) is 37.0. The van der Waals surface area contributed by atoms with E-state index in [4.69, 9.17) is 38.3 Å². The molecule has 0 fully saturated rings. The van der Waals surface area contributed by atoms with Crippen molar-refractivity contribution in [2.75, 3.05) is 106 Å². The van der Waals surface area contributed by atoms with Crippen molar-refractivity contribution in [1.82, 2.24) is 0 Å². The van der Waals surface area contributed by atoms with Gasteiger partial charge in [0.1, 0.15) is 0 Å². The van der Waals surface area contributed by atoms with Crippen LogP contribution >= 0.6 is 0 Å². The van der Waals surface area contributed by atoms with Gasteiger partial charge in [-0.3, -0.25) is 0 Å². The van der Waals surface area contributed by atoms with E-state index >= 15 is 0 Å². The summed E-state index contributed by atoms with van der Waals surface area (Å²) in [5.41, 5.74) is 0. The van der Waals surface area contributed by atoms with E-state index in [1.807, 2.05) is 0 Å². The normalized spacial score (nSPS) is 13.4. The lowest BCUT2D eigenvalue weighted by Crippen LogP contribution is -2.61. The summed E-state index contributed by atoms with van der Waals surface area (Å²) in [5, 5.41) is 8.51. The molecule has 38 heavy (non-hydrogen) atoms. The molecule has 230 valence electrons. The average molecular weight is 588 g/mol. The Hall–Kier alpha value is -0.990. The Balaban J connectivity index is 3.53. The highest BCUT2D eigenvalue weighted by Gasteiger charge is 2.82. The molecule has 0 spiro atoms. The fraction of sp³-hybridized carbons (Fsp3) is 1.00. The molecule has 0 bridgehead atoms. The summed E-state index contributed by atoms with van der Waals surface area (Å²) in [6.07, 6.45) is -13.0. The number of aliphatic hydroxyl groups is 1. The van der Waals surface area contributed by atoms with Gasteiger partial charge in [0.2, 0.25) is 0 Å². The van der Waals surface area contributed by atoms with E-state index in [1.54, 1.807) is 0 Å². The Kier molecular flexibility index (Phi) is 19.5. The highest BCUT2D eigenvalue weighted by molar-refractivity contribution is 4.96. The van der Waals surface area contributed by atoms with Gasteiger partial charge in [0.25, 0.3) is 0 Å². The maximum Gasteiger partial charge on any atom is 0.460 e. The number of aliphatic hydroxyl groups excluding tert-OH is 1. The number of alkyl halides is 9. The number of hydrogen-bond donors (Lipinski definition) is 1. The Bertz CT molecular complexity index is 571. The molecule has 1 N–H and O–H groups in total. The quantitative estimate of drug-likeness (QED) is 0.121. The monoisotopic (exact) mass is 588 g/mol. The zero-order chi connectivity index (χ0) is 29.0. The van der Waals surface area contributed by atoms with Crippen LogP contribution in [-0.2, 0) is 37.9 Å². The van der Waals surface area contributed by atoms with Gasteiger partial charge >= 0.3 is 24.1 Å². The predicted octanol–water partition coefficient (Wildman–Crippen LogP) is 2.54. The zero-order valence-corrected chi connectivity index (χ0v) is 20.4. The molecule has 0 heterocycles. The van der Waals surface area contributed by atoms with Crippen LogP contribution in [-0.4, -0.2) is 135 Å². The summed E-state index contributed by atoms with van der Waals surface area (Å²) in [7, 11) is 0. The molecule has 9 nitrogen and oxygen atoms in total. The van der Waals surface area contributed by atoms with Crippen LogP contribution in [0.4, 0.5) is 39.5 Å². The van der Waals surface area contributed by atoms with Gasteiger partial charge < -0.3 is 43.0 Å². The number of rotatable bonds is 26. The molecule has 0 atom stereocenters. The second-order valence-electron chi connectivity index (χ2n) is 7.02. The minimum Gasteiger partial charge on any atom is -0.394 e. The second-order valence-corrected chi connectivity index (χ2v) is 7.02. The maximum absolute atomic E-state index is 13.1. The molecule has 0 aromatic carbocycles. The molecule has 18 heteroatoms. The highest BCUT2D eigenvalue weighted by atomic mass is 19.4.